The summed E-state index contributed by atoms with van der Waals surface area (Å²) in [5.74, 6) is 0.0402. The van der Waals surface area contributed by atoms with Crippen LogP contribution in [0.15, 0.2) is 30.3 Å². The molecule has 3 heteroatoms. The van der Waals surface area contributed by atoms with Gasteiger partial charge in [0.05, 0.1) is 0 Å². The first kappa shape index (κ1) is 14.7. The predicted molar refractivity (Wildman–Crippen MR) is 75.0 cm³/mol. The van der Waals surface area contributed by atoms with Crippen molar-refractivity contribution in [1.82, 2.24) is 4.90 Å². The molecule has 1 aromatic rings. The van der Waals surface area contributed by atoms with Crippen molar-refractivity contribution >= 4 is 5.91 Å². The number of nitrogens with zero attached hydrogens (tertiary/aromatic N) is 1. The average molecular weight is 248 g/mol. The summed E-state index contributed by atoms with van der Waals surface area (Å²) in [7, 11) is 0. The zero-order valence-corrected chi connectivity index (χ0v) is 11.6. The van der Waals surface area contributed by atoms with Crippen molar-refractivity contribution in [2.75, 3.05) is 6.54 Å². The van der Waals surface area contributed by atoms with E-state index in [2.05, 4.69) is 26.0 Å². The zero-order valence-electron chi connectivity index (χ0n) is 11.6. The molecule has 0 fully saturated rings. The van der Waals surface area contributed by atoms with Crippen LogP contribution in [0.1, 0.15) is 32.8 Å². The van der Waals surface area contributed by atoms with Crippen molar-refractivity contribution in [2.45, 2.75) is 39.8 Å². The Kier molecular flexibility index (Phi) is 5.86. The Morgan fingerprint density at radius 2 is 1.89 bits per heavy atom. The lowest BCUT2D eigenvalue weighted by Gasteiger charge is -2.31. The van der Waals surface area contributed by atoms with Gasteiger partial charge in [0.1, 0.15) is 0 Å². The summed E-state index contributed by atoms with van der Waals surface area (Å²) in [5, 5.41) is 0. The van der Waals surface area contributed by atoms with Gasteiger partial charge in [0.2, 0.25) is 5.91 Å². The van der Waals surface area contributed by atoms with Crippen LogP contribution in [0.2, 0.25) is 0 Å². The Bertz CT molecular complexity index is 364. The molecular weight excluding hydrogens is 224 g/mol. The maximum Gasteiger partial charge on any atom is 0.227 e. The highest BCUT2D eigenvalue weighted by Crippen LogP contribution is 2.14. The van der Waals surface area contributed by atoms with Crippen LogP contribution in [0.25, 0.3) is 0 Å². The van der Waals surface area contributed by atoms with E-state index in [1.54, 1.807) is 0 Å². The highest BCUT2D eigenvalue weighted by atomic mass is 16.2. The first-order chi connectivity index (χ1) is 8.60. The lowest BCUT2D eigenvalue weighted by atomic mass is 10.1. The normalized spacial score (nSPS) is 14.0. The summed E-state index contributed by atoms with van der Waals surface area (Å²) in [5.41, 5.74) is 6.76. The molecule has 0 saturated heterocycles. The third-order valence-corrected chi connectivity index (χ3v) is 3.38. The number of carbonyl (C=O) groups excluding carboxylic acids is 1. The van der Waals surface area contributed by atoms with Crippen LogP contribution in [-0.4, -0.2) is 23.4 Å². The van der Waals surface area contributed by atoms with E-state index in [1.807, 2.05) is 30.0 Å². The third-order valence-electron chi connectivity index (χ3n) is 3.38. The van der Waals surface area contributed by atoms with Gasteiger partial charge in [0.25, 0.3) is 0 Å². The molecule has 0 heterocycles. The second-order valence-electron chi connectivity index (χ2n) is 4.85. The maximum absolute atomic E-state index is 12.3. The maximum atomic E-state index is 12.3. The van der Waals surface area contributed by atoms with Crippen molar-refractivity contribution in [3.05, 3.63) is 35.9 Å². The fourth-order valence-electron chi connectivity index (χ4n) is 1.84. The van der Waals surface area contributed by atoms with Gasteiger partial charge in [-0.15, -0.1) is 0 Å². The molecule has 0 aliphatic carbocycles. The van der Waals surface area contributed by atoms with Crippen LogP contribution >= 0.6 is 0 Å². The largest absolute Gasteiger partial charge is 0.335 e. The lowest BCUT2D eigenvalue weighted by molar-refractivity contribution is -0.137. The van der Waals surface area contributed by atoms with E-state index in [1.165, 1.54) is 0 Å². The number of hydrogen-bond donors (Lipinski definition) is 1. The van der Waals surface area contributed by atoms with Crippen molar-refractivity contribution in [3.63, 3.8) is 0 Å². The van der Waals surface area contributed by atoms with Crippen LogP contribution in [-0.2, 0) is 11.3 Å². The van der Waals surface area contributed by atoms with Crippen LogP contribution in [0.5, 0.6) is 0 Å². The van der Waals surface area contributed by atoms with Crippen molar-refractivity contribution in [1.29, 1.82) is 0 Å². The summed E-state index contributed by atoms with van der Waals surface area (Å²) < 4.78 is 0. The van der Waals surface area contributed by atoms with Crippen molar-refractivity contribution in [2.24, 2.45) is 11.7 Å². The Morgan fingerprint density at radius 1 is 1.28 bits per heavy atom. The topological polar surface area (TPSA) is 46.3 Å². The summed E-state index contributed by atoms with van der Waals surface area (Å²) in [4.78, 5) is 14.3. The van der Waals surface area contributed by atoms with Gasteiger partial charge in [-0.1, -0.05) is 44.2 Å². The van der Waals surface area contributed by atoms with Crippen LogP contribution in [0.3, 0.4) is 0 Å². The molecular formula is C15H24N2O. The molecule has 0 aliphatic heterocycles. The molecule has 0 bridgehead atoms. The number of amides is 1. The lowest BCUT2D eigenvalue weighted by Crippen LogP contribution is -2.42. The Morgan fingerprint density at radius 3 is 2.39 bits per heavy atom. The van der Waals surface area contributed by atoms with Crippen molar-refractivity contribution < 1.29 is 4.79 Å². The fraction of sp³-hybridized carbons (Fsp3) is 0.533. The standard InChI is InChI=1S/C15H24N2O/c1-4-13(3)17(15(18)12(2)10-16)11-14-8-6-5-7-9-14/h5-9,12-13H,4,10-11,16H2,1-3H3. The van der Waals surface area contributed by atoms with Crippen LogP contribution in [0, 0.1) is 5.92 Å². The predicted octanol–water partition coefficient (Wildman–Crippen LogP) is 2.41. The molecule has 100 valence electrons. The minimum absolute atomic E-state index is 0.109. The molecule has 18 heavy (non-hydrogen) atoms. The molecule has 0 aliphatic rings. The highest BCUT2D eigenvalue weighted by molar-refractivity contribution is 5.79. The molecule has 0 aromatic heterocycles. The van der Waals surface area contributed by atoms with E-state index in [0.29, 0.717) is 13.1 Å². The zero-order chi connectivity index (χ0) is 13.5. The smallest absolute Gasteiger partial charge is 0.227 e. The first-order valence-corrected chi connectivity index (χ1v) is 6.64. The van der Waals surface area contributed by atoms with Gasteiger partial charge in [-0.3, -0.25) is 4.79 Å². The van der Waals surface area contributed by atoms with E-state index in [-0.39, 0.29) is 17.9 Å². The van der Waals surface area contributed by atoms with Gasteiger partial charge in [-0.25, -0.2) is 0 Å². The fourth-order valence-corrected chi connectivity index (χ4v) is 1.84. The molecule has 3 nitrogen and oxygen atoms in total. The number of rotatable bonds is 6. The summed E-state index contributed by atoms with van der Waals surface area (Å²) in [6.07, 6.45) is 0.954. The summed E-state index contributed by atoms with van der Waals surface area (Å²) in [6, 6.07) is 10.3. The van der Waals surface area contributed by atoms with E-state index in [0.717, 1.165) is 12.0 Å². The van der Waals surface area contributed by atoms with E-state index in [4.69, 9.17) is 5.73 Å². The molecule has 2 N–H and O–H groups in total. The monoisotopic (exact) mass is 248 g/mol. The van der Waals surface area contributed by atoms with Gasteiger partial charge in [0.15, 0.2) is 0 Å². The Balaban J connectivity index is 2.82. The van der Waals surface area contributed by atoms with Gasteiger partial charge in [-0.05, 0) is 18.9 Å². The average Bonchev–Trinajstić information content (AvgIpc) is 2.43. The highest BCUT2D eigenvalue weighted by Gasteiger charge is 2.23. The molecule has 0 saturated carbocycles. The number of benzene rings is 1. The number of hydrogen-bond acceptors (Lipinski definition) is 2. The summed E-state index contributed by atoms with van der Waals surface area (Å²) >= 11 is 0. The minimum atomic E-state index is -0.109. The molecule has 1 aromatic carbocycles. The van der Waals surface area contributed by atoms with E-state index < -0.39 is 0 Å². The van der Waals surface area contributed by atoms with E-state index in [9.17, 15) is 4.79 Å². The quantitative estimate of drug-likeness (QED) is 0.840. The molecule has 1 amide bonds. The van der Waals surface area contributed by atoms with Crippen LogP contribution < -0.4 is 5.73 Å². The first-order valence-electron chi connectivity index (χ1n) is 6.64. The van der Waals surface area contributed by atoms with Gasteiger partial charge in [0, 0.05) is 25.0 Å². The molecule has 1 rings (SSSR count). The van der Waals surface area contributed by atoms with Crippen LogP contribution in [0.4, 0.5) is 0 Å². The molecule has 2 unspecified atom stereocenters. The summed E-state index contributed by atoms with van der Waals surface area (Å²) in [6.45, 7) is 7.15. The van der Waals surface area contributed by atoms with Gasteiger partial charge < -0.3 is 10.6 Å². The third kappa shape index (κ3) is 3.84. The molecule has 0 spiro atoms. The van der Waals surface area contributed by atoms with Gasteiger partial charge in [-0.2, -0.15) is 0 Å². The molecule has 2 atom stereocenters. The second kappa shape index (κ2) is 7.17. The number of nitrogens with two attached hydrogens (primary N) is 1. The molecule has 0 radical (unpaired) electrons. The number of carbonyl (C=O) groups is 1. The van der Waals surface area contributed by atoms with Gasteiger partial charge >= 0.3 is 0 Å². The second-order valence-corrected chi connectivity index (χ2v) is 4.85. The van der Waals surface area contributed by atoms with E-state index >= 15 is 0 Å². The SMILES string of the molecule is CCC(C)N(Cc1ccccc1)C(=O)C(C)CN. The Labute approximate surface area is 110 Å². The Hall–Kier alpha value is -1.35. The van der Waals surface area contributed by atoms with Crippen molar-refractivity contribution in [3.8, 4) is 0 Å². The minimum Gasteiger partial charge on any atom is -0.335 e.